The van der Waals surface area contributed by atoms with E-state index in [9.17, 15) is 0 Å². The van der Waals surface area contributed by atoms with Crippen molar-refractivity contribution in [1.82, 2.24) is 0 Å². The third kappa shape index (κ3) is 3.83. The summed E-state index contributed by atoms with van der Waals surface area (Å²) in [5, 5.41) is 3.44. The van der Waals surface area contributed by atoms with Crippen LogP contribution in [0.25, 0.3) is 0 Å². The van der Waals surface area contributed by atoms with Crippen LogP contribution in [0.1, 0.15) is 36.5 Å². The first-order chi connectivity index (χ1) is 9.19. The topological polar surface area (TPSA) is 38.0 Å². The number of anilines is 1. The highest BCUT2D eigenvalue weighted by atomic mass is 14.9. The number of hydrogen-bond acceptors (Lipinski definition) is 2. The molecule has 0 radical (unpaired) electrons. The first kappa shape index (κ1) is 13.6. The fraction of sp³-hybridized carbons (Fsp3) is 0.294. The molecule has 2 heteroatoms. The van der Waals surface area contributed by atoms with Crippen molar-refractivity contribution >= 4 is 5.69 Å². The zero-order chi connectivity index (χ0) is 13.7. The van der Waals surface area contributed by atoms with E-state index in [1.165, 1.54) is 16.7 Å². The van der Waals surface area contributed by atoms with Crippen LogP contribution in [0.5, 0.6) is 0 Å². The molecule has 0 heterocycles. The van der Waals surface area contributed by atoms with Gasteiger partial charge in [-0.25, -0.2) is 0 Å². The number of nitrogens with two attached hydrogens (primary N) is 1. The van der Waals surface area contributed by atoms with E-state index in [-0.39, 0.29) is 0 Å². The Morgan fingerprint density at radius 3 is 2.32 bits per heavy atom. The molecule has 2 aromatic rings. The molecule has 3 N–H and O–H groups in total. The lowest BCUT2D eigenvalue weighted by atomic mass is 10.0. The SMILES string of the molecule is CC(C)c1ccc(NCc2cccc(CN)c2)cc1. The molecule has 0 aromatic heterocycles. The standard InChI is InChI=1S/C17H22N2/c1-13(2)16-6-8-17(9-7-16)19-12-15-5-3-4-14(10-15)11-18/h3-10,13,19H,11-12,18H2,1-2H3. The van der Waals surface area contributed by atoms with Crippen molar-refractivity contribution in [1.29, 1.82) is 0 Å². The first-order valence-electron chi connectivity index (χ1n) is 6.81. The van der Waals surface area contributed by atoms with Gasteiger partial charge in [0.25, 0.3) is 0 Å². The lowest BCUT2D eigenvalue weighted by Gasteiger charge is -2.10. The Hall–Kier alpha value is -1.80. The highest BCUT2D eigenvalue weighted by Crippen LogP contribution is 2.17. The van der Waals surface area contributed by atoms with Gasteiger partial charge in [0.15, 0.2) is 0 Å². The van der Waals surface area contributed by atoms with Gasteiger partial charge in [0, 0.05) is 18.8 Å². The van der Waals surface area contributed by atoms with E-state index in [0.717, 1.165) is 12.2 Å². The van der Waals surface area contributed by atoms with Crippen LogP contribution in [-0.4, -0.2) is 0 Å². The van der Waals surface area contributed by atoms with E-state index in [2.05, 4.69) is 67.7 Å². The molecule has 0 bridgehead atoms. The van der Waals surface area contributed by atoms with Gasteiger partial charge in [0.05, 0.1) is 0 Å². The molecule has 0 aliphatic rings. The van der Waals surface area contributed by atoms with Gasteiger partial charge in [-0.05, 0) is 34.7 Å². The third-order valence-corrected chi connectivity index (χ3v) is 3.30. The molecule has 0 unspecified atom stereocenters. The fourth-order valence-electron chi connectivity index (χ4n) is 2.06. The molecule has 19 heavy (non-hydrogen) atoms. The largest absolute Gasteiger partial charge is 0.381 e. The van der Waals surface area contributed by atoms with Crippen LogP contribution in [-0.2, 0) is 13.1 Å². The van der Waals surface area contributed by atoms with Crippen LogP contribution in [0.2, 0.25) is 0 Å². The predicted octanol–water partition coefficient (Wildman–Crippen LogP) is 3.88. The summed E-state index contributed by atoms with van der Waals surface area (Å²) in [4.78, 5) is 0. The maximum Gasteiger partial charge on any atom is 0.0400 e. The van der Waals surface area contributed by atoms with E-state index in [1.54, 1.807) is 0 Å². The van der Waals surface area contributed by atoms with Crippen molar-refractivity contribution in [3.63, 3.8) is 0 Å². The van der Waals surface area contributed by atoms with Gasteiger partial charge in [-0.1, -0.05) is 50.2 Å². The summed E-state index contributed by atoms with van der Waals surface area (Å²) in [5.41, 5.74) is 10.6. The maximum atomic E-state index is 5.65. The van der Waals surface area contributed by atoms with Crippen molar-refractivity contribution in [2.75, 3.05) is 5.32 Å². The van der Waals surface area contributed by atoms with Crippen LogP contribution < -0.4 is 11.1 Å². The van der Waals surface area contributed by atoms with Crippen molar-refractivity contribution < 1.29 is 0 Å². The van der Waals surface area contributed by atoms with Gasteiger partial charge in [-0.15, -0.1) is 0 Å². The molecule has 0 atom stereocenters. The third-order valence-electron chi connectivity index (χ3n) is 3.30. The molecule has 0 spiro atoms. The van der Waals surface area contributed by atoms with Gasteiger partial charge < -0.3 is 11.1 Å². The van der Waals surface area contributed by atoms with Crippen LogP contribution >= 0.6 is 0 Å². The van der Waals surface area contributed by atoms with Crippen molar-refractivity contribution in [3.8, 4) is 0 Å². The molecular formula is C17H22N2. The molecular weight excluding hydrogens is 232 g/mol. The second kappa shape index (κ2) is 6.39. The average molecular weight is 254 g/mol. The zero-order valence-electron chi connectivity index (χ0n) is 11.7. The highest BCUT2D eigenvalue weighted by Gasteiger charge is 1.99. The number of nitrogens with one attached hydrogen (secondary N) is 1. The average Bonchev–Trinajstić information content (AvgIpc) is 2.46. The minimum absolute atomic E-state index is 0.579. The second-order valence-corrected chi connectivity index (χ2v) is 5.15. The lowest BCUT2D eigenvalue weighted by molar-refractivity contribution is 0.867. The molecule has 0 saturated heterocycles. The van der Waals surface area contributed by atoms with Gasteiger partial charge in [-0.3, -0.25) is 0 Å². The molecule has 0 aliphatic carbocycles. The van der Waals surface area contributed by atoms with Crippen LogP contribution in [0, 0.1) is 0 Å². The Bertz CT molecular complexity index is 515. The minimum Gasteiger partial charge on any atom is -0.381 e. The Balaban J connectivity index is 1.98. The monoisotopic (exact) mass is 254 g/mol. The Morgan fingerprint density at radius 2 is 1.68 bits per heavy atom. The highest BCUT2D eigenvalue weighted by molar-refractivity contribution is 5.45. The smallest absolute Gasteiger partial charge is 0.0400 e. The Kier molecular flexibility index (Phi) is 4.58. The van der Waals surface area contributed by atoms with Gasteiger partial charge >= 0.3 is 0 Å². The summed E-state index contributed by atoms with van der Waals surface area (Å²) in [7, 11) is 0. The normalized spacial score (nSPS) is 10.7. The zero-order valence-corrected chi connectivity index (χ0v) is 11.7. The number of hydrogen-bond donors (Lipinski definition) is 2. The minimum atomic E-state index is 0.579. The maximum absolute atomic E-state index is 5.65. The molecule has 0 aliphatic heterocycles. The van der Waals surface area contributed by atoms with E-state index in [0.29, 0.717) is 12.5 Å². The van der Waals surface area contributed by atoms with E-state index < -0.39 is 0 Å². The van der Waals surface area contributed by atoms with E-state index in [4.69, 9.17) is 5.73 Å². The molecule has 0 saturated carbocycles. The summed E-state index contributed by atoms with van der Waals surface area (Å²) in [6.45, 7) is 5.84. The molecule has 2 nitrogen and oxygen atoms in total. The molecule has 100 valence electrons. The molecule has 2 rings (SSSR count). The van der Waals surface area contributed by atoms with Crippen molar-refractivity contribution in [3.05, 3.63) is 65.2 Å². The van der Waals surface area contributed by atoms with Gasteiger partial charge in [-0.2, -0.15) is 0 Å². The van der Waals surface area contributed by atoms with Crippen molar-refractivity contribution in [2.24, 2.45) is 5.73 Å². The first-order valence-corrected chi connectivity index (χ1v) is 6.81. The summed E-state index contributed by atoms with van der Waals surface area (Å²) in [6.07, 6.45) is 0. The Labute approximate surface area is 115 Å². The lowest BCUT2D eigenvalue weighted by Crippen LogP contribution is -2.02. The van der Waals surface area contributed by atoms with E-state index in [1.807, 2.05) is 0 Å². The predicted molar refractivity (Wildman–Crippen MR) is 82.2 cm³/mol. The van der Waals surface area contributed by atoms with Gasteiger partial charge in [0.2, 0.25) is 0 Å². The quantitative estimate of drug-likeness (QED) is 0.849. The van der Waals surface area contributed by atoms with Crippen LogP contribution in [0.3, 0.4) is 0 Å². The van der Waals surface area contributed by atoms with Crippen LogP contribution in [0.4, 0.5) is 5.69 Å². The number of benzene rings is 2. The second-order valence-electron chi connectivity index (χ2n) is 5.15. The molecule has 0 amide bonds. The Morgan fingerprint density at radius 1 is 1.00 bits per heavy atom. The van der Waals surface area contributed by atoms with Gasteiger partial charge in [0.1, 0.15) is 0 Å². The number of rotatable bonds is 5. The van der Waals surface area contributed by atoms with Crippen molar-refractivity contribution in [2.45, 2.75) is 32.9 Å². The molecule has 2 aromatic carbocycles. The van der Waals surface area contributed by atoms with Crippen LogP contribution in [0.15, 0.2) is 48.5 Å². The fourth-order valence-corrected chi connectivity index (χ4v) is 2.06. The molecule has 0 fully saturated rings. The van der Waals surface area contributed by atoms with E-state index >= 15 is 0 Å². The summed E-state index contributed by atoms with van der Waals surface area (Å²) < 4.78 is 0. The summed E-state index contributed by atoms with van der Waals surface area (Å²) in [6, 6.07) is 17.0. The summed E-state index contributed by atoms with van der Waals surface area (Å²) >= 11 is 0. The summed E-state index contributed by atoms with van der Waals surface area (Å²) in [5.74, 6) is 0.579.